The van der Waals surface area contributed by atoms with Crippen LogP contribution in [0.2, 0.25) is 0 Å². The number of carbonyl (C=O) groups excluding carboxylic acids is 1. The van der Waals surface area contributed by atoms with E-state index in [0.717, 1.165) is 14.5 Å². The summed E-state index contributed by atoms with van der Waals surface area (Å²) in [5, 5.41) is 12.0. The van der Waals surface area contributed by atoms with E-state index in [4.69, 9.17) is 4.74 Å². The van der Waals surface area contributed by atoms with Crippen molar-refractivity contribution in [3.8, 4) is 11.8 Å². The molecule has 2 aromatic rings. The van der Waals surface area contributed by atoms with Gasteiger partial charge in [-0.25, -0.2) is 0 Å². The normalized spacial score (nSPS) is 10.9. The molecule has 0 aromatic heterocycles. The number of hydrogen-bond donors (Lipinski definition) is 1. The van der Waals surface area contributed by atoms with Crippen molar-refractivity contribution in [3.05, 3.63) is 62.0 Å². The second kappa shape index (κ2) is 8.13. The zero-order valence-corrected chi connectivity index (χ0v) is 16.2. The number of nitrogens with one attached hydrogen (secondary N) is 1. The molecule has 0 radical (unpaired) electrons. The third-order valence-electron chi connectivity index (χ3n) is 3.21. The largest absolute Gasteiger partial charge is 0.494 e. The molecule has 2 rings (SSSR count). The van der Waals surface area contributed by atoms with E-state index in [1.807, 2.05) is 25.1 Å². The van der Waals surface area contributed by atoms with E-state index in [-0.39, 0.29) is 5.57 Å². The van der Waals surface area contributed by atoms with Crippen LogP contribution in [-0.2, 0) is 4.79 Å². The smallest absolute Gasteiger partial charge is 0.266 e. The average molecular weight is 450 g/mol. The highest BCUT2D eigenvalue weighted by molar-refractivity contribution is 9.11. The zero-order valence-electron chi connectivity index (χ0n) is 13.1. The Morgan fingerprint density at radius 2 is 1.79 bits per heavy atom. The van der Waals surface area contributed by atoms with Crippen LogP contribution in [0.15, 0.2) is 50.9 Å². The minimum Gasteiger partial charge on any atom is -0.494 e. The van der Waals surface area contributed by atoms with Crippen molar-refractivity contribution in [2.24, 2.45) is 0 Å². The summed E-state index contributed by atoms with van der Waals surface area (Å²) in [6.07, 6.45) is 1.53. The second-order valence-corrected chi connectivity index (χ2v) is 6.72. The highest BCUT2D eigenvalue weighted by Crippen LogP contribution is 2.35. The van der Waals surface area contributed by atoms with Crippen molar-refractivity contribution in [2.75, 3.05) is 12.4 Å². The van der Waals surface area contributed by atoms with Crippen molar-refractivity contribution in [1.82, 2.24) is 0 Å². The number of rotatable bonds is 4. The first-order chi connectivity index (χ1) is 11.4. The number of carbonyl (C=O) groups is 1. The van der Waals surface area contributed by atoms with E-state index in [0.29, 0.717) is 17.0 Å². The maximum Gasteiger partial charge on any atom is 0.266 e. The van der Waals surface area contributed by atoms with E-state index < -0.39 is 5.91 Å². The zero-order chi connectivity index (χ0) is 17.7. The van der Waals surface area contributed by atoms with Gasteiger partial charge in [0.15, 0.2) is 0 Å². The third-order valence-corrected chi connectivity index (χ3v) is 4.39. The van der Waals surface area contributed by atoms with Crippen LogP contribution < -0.4 is 10.1 Å². The molecule has 0 saturated carbocycles. The maximum absolute atomic E-state index is 12.3. The Morgan fingerprint density at radius 1 is 1.21 bits per heavy atom. The van der Waals surface area contributed by atoms with Gasteiger partial charge in [-0.3, -0.25) is 4.79 Å². The summed E-state index contributed by atoms with van der Waals surface area (Å²) in [5.41, 5.74) is 2.45. The Labute approximate surface area is 157 Å². The number of methoxy groups -OCH3 is 1. The molecule has 122 valence electrons. The van der Waals surface area contributed by atoms with E-state index in [1.165, 1.54) is 6.08 Å². The highest BCUT2D eigenvalue weighted by Gasteiger charge is 2.12. The van der Waals surface area contributed by atoms with E-state index in [1.54, 1.807) is 31.4 Å². The Kier molecular flexibility index (Phi) is 6.18. The fraction of sp³-hybridized carbons (Fsp3) is 0.111. The van der Waals surface area contributed by atoms with E-state index in [9.17, 15) is 10.1 Å². The summed E-state index contributed by atoms with van der Waals surface area (Å²) >= 11 is 6.80. The Bertz CT molecular complexity index is 814. The molecule has 0 aliphatic carbocycles. The summed E-state index contributed by atoms with van der Waals surface area (Å²) in [5.74, 6) is 0.194. The van der Waals surface area contributed by atoms with Gasteiger partial charge < -0.3 is 10.1 Å². The van der Waals surface area contributed by atoms with Gasteiger partial charge in [-0.15, -0.1) is 0 Å². The molecule has 1 N–H and O–H groups in total. The van der Waals surface area contributed by atoms with Gasteiger partial charge in [-0.2, -0.15) is 5.26 Å². The quantitative estimate of drug-likeness (QED) is 0.523. The number of nitriles is 1. The molecule has 6 heteroatoms. The van der Waals surface area contributed by atoms with Gasteiger partial charge in [0.25, 0.3) is 5.91 Å². The second-order valence-electron chi connectivity index (χ2n) is 5.01. The SMILES string of the molecule is COc1c(Br)cc(/C=C(/C#N)C(=O)Nc2ccc(C)cc2)cc1Br. The fourth-order valence-corrected chi connectivity index (χ4v) is 3.55. The first-order valence-corrected chi connectivity index (χ1v) is 8.56. The van der Waals surface area contributed by atoms with Gasteiger partial charge in [0.2, 0.25) is 0 Å². The molecule has 0 fully saturated rings. The van der Waals surface area contributed by atoms with Gasteiger partial charge >= 0.3 is 0 Å². The molecule has 0 aliphatic rings. The number of anilines is 1. The van der Waals surface area contributed by atoms with Crippen LogP contribution in [-0.4, -0.2) is 13.0 Å². The minimum absolute atomic E-state index is 0.0135. The molecule has 1 amide bonds. The first kappa shape index (κ1) is 18.2. The van der Waals surface area contributed by atoms with Crippen molar-refractivity contribution in [2.45, 2.75) is 6.92 Å². The van der Waals surface area contributed by atoms with E-state index in [2.05, 4.69) is 37.2 Å². The summed E-state index contributed by atoms with van der Waals surface area (Å²) in [6.45, 7) is 1.96. The number of halogens is 2. The lowest BCUT2D eigenvalue weighted by Gasteiger charge is -2.08. The topological polar surface area (TPSA) is 62.1 Å². The lowest BCUT2D eigenvalue weighted by molar-refractivity contribution is -0.112. The third kappa shape index (κ3) is 4.47. The van der Waals surface area contributed by atoms with Crippen LogP contribution in [0.25, 0.3) is 6.08 Å². The van der Waals surface area contributed by atoms with Crippen LogP contribution in [0.1, 0.15) is 11.1 Å². The van der Waals surface area contributed by atoms with Crippen LogP contribution in [0.5, 0.6) is 5.75 Å². The number of benzene rings is 2. The summed E-state index contributed by atoms with van der Waals surface area (Å²) < 4.78 is 6.69. The van der Waals surface area contributed by atoms with E-state index >= 15 is 0 Å². The molecule has 0 bridgehead atoms. The predicted molar refractivity (Wildman–Crippen MR) is 102 cm³/mol. The molecule has 0 unspecified atom stereocenters. The number of hydrogen-bond acceptors (Lipinski definition) is 3. The standard InChI is InChI=1S/C18H14Br2N2O2/c1-11-3-5-14(6-4-11)22-18(23)13(10-21)7-12-8-15(19)17(24-2)16(20)9-12/h3-9H,1-2H3,(H,22,23)/b13-7-. The van der Waals surface area contributed by atoms with Crippen LogP contribution in [0.4, 0.5) is 5.69 Å². The lowest BCUT2D eigenvalue weighted by atomic mass is 10.1. The molecule has 4 nitrogen and oxygen atoms in total. The van der Waals surface area contributed by atoms with Gasteiger partial charge in [-0.05, 0) is 74.7 Å². The monoisotopic (exact) mass is 448 g/mol. The van der Waals surface area contributed by atoms with Gasteiger partial charge in [0, 0.05) is 5.69 Å². The van der Waals surface area contributed by atoms with Gasteiger partial charge in [0.1, 0.15) is 17.4 Å². The molecule has 0 heterocycles. The summed E-state index contributed by atoms with van der Waals surface area (Å²) in [6, 6.07) is 12.9. The molecule has 24 heavy (non-hydrogen) atoms. The molecule has 0 atom stereocenters. The minimum atomic E-state index is -0.454. The van der Waals surface area contributed by atoms with Crippen molar-refractivity contribution in [1.29, 1.82) is 5.26 Å². The molecule has 2 aromatic carbocycles. The van der Waals surface area contributed by atoms with Crippen molar-refractivity contribution in [3.63, 3.8) is 0 Å². The van der Waals surface area contributed by atoms with Gasteiger partial charge in [-0.1, -0.05) is 17.7 Å². The van der Waals surface area contributed by atoms with Crippen molar-refractivity contribution >= 4 is 49.5 Å². The number of aryl methyl sites for hydroxylation is 1. The summed E-state index contributed by atoms with van der Waals surface area (Å²) in [4.78, 5) is 12.3. The molecule has 0 saturated heterocycles. The number of ether oxygens (including phenoxy) is 1. The van der Waals surface area contributed by atoms with Gasteiger partial charge in [0.05, 0.1) is 16.1 Å². The molecule has 0 spiro atoms. The van der Waals surface area contributed by atoms with Crippen LogP contribution in [0, 0.1) is 18.3 Å². The van der Waals surface area contributed by atoms with Crippen LogP contribution >= 0.6 is 31.9 Å². The Balaban J connectivity index is 2.27. The number of nitrogens with zero attached hydrogens (tertiary/aromatic N) is 1. The highest BCUT2D eigenvalue weighted by atomic mass is 79.9. The van der Waals surface area contributed by atoms with Crippen LogP contribution in [0.3, 0.4) is 0 Å². The fourth-order valence-electron chi connectivity index (χ4n) is 2.01. The molecule has 0 aliphatic heterocycles. The molecular formula is C18H14Br2N2O2. The predicted octanol–water partition coefficient (Wildman–Crippen LogP) is 5.07. The Morgan fingerprint density at radius 3 is 2.29 bits per heavy atom. The molecular weight excluding hydrogens is 436 g/mol. The lowest BCUT2D eigenvalue weighted by Crippen LogP contribution is -2.13. The van der Waals surface area contributed by atoms with Crippen molar-refractivity contribution < 1.29 is 9.53 Å². The Hall–Kier alpha value is -2.10. The number of amides is 1. The average Bonchev–Trinajstić information content (AvgIpc) is 2.54. The summed E-state index contributed by atoms with van der Waals surface area (Å²) in [7, 11) is 1.57. The maximum atomic E-state index is 12.3. The first-order valence-electron chi connectivity index (χ1n) is 6.97.